The monoisotopic (exact) mass is 285 g/mol. The lowest BCUT2D eigenvalue weighted by Gasteiger charge is -2.15. The van der Waals surface area contributed by atoms with Crippen molar-refractivity contribution in [3.05, 3.63) is 24.3 Å². The number of sulfone groups is 1. The predicted octanol–water partition coefficient (Wildman–Crippen LogP) is 2.56. The molecule has 4 nitrogen and oxygen atoms in total. The topological polar surface area (TPSA) is 55.4 Å². The van der Waals surface area contributed by atoms with E-state index in [9.17, 15) is 8.42 Å². The van der Waals surface area contributed by atoms with Crippen molar-refractivity contribution < 1.29 is 13.2 Å². The largest absolute Gasteiger partial charge is 0.384 e. The summed E-state index contributed by atoms with van der Waals surface area (Å²) in [4.78, 5) is 0.390. The Balaban J connectivity index is 2.85. The first kappa shape index (κ1) is 16.0. The smallest absolute Gasteiger partial charge is 0.180 e. The highest BCUT2D eigenvalue weighted by Crippen LogP contribution is 2.22. The Bertz CT molecular complexity index is 485. The van der Waals surface area contributed by atoms with Crippen molar-refractivity contribution >= 4 is 15.5 Å². The number of methoxy groups -OCH3 is 1. The van der Waals surface area contributed by atoms with Gasteiger partial charge in [-0.1, -0.05) is 26.0 Å². The zero-order chi connectivity index (χ0) is 14.3. The Hall–Kier alpha value is -1.07. The van der Waals surface area contributed by atoms with Gasteiger partial charge in [0.15, 0.2) is 9.84 Å². The molecule has 1 unspecified atom stereocenters. The van der Waals surface area contributed by atoms with E-state index in [1.54, 1.807) is 19.2 Å². The lowest BCUT2D eigenvalue weighted by molar-refractivity contribution is 0.164. The highest BCUT2D eigenvalue weighted by molar-refractivity contribution is 7.91. The molecule has 5 heteroatoms. The van der Waals surface area contributed by atoms with Gasteiger partial charge >= 0.3 is 0 Å². The second kappa shape index (κ2) is 7.50. The first-order valence-corrected chi connectivity index (χ1v) is 8.21. The standard InChI is InChI=1S/C14H23NO3S/c1-4-9-19(16,17)14-8-6-5-7-13(14)15-10-12(2)11-18-3/h5-8,12,15H,4,9-11H2,1-3H3. The Labute approximate surface area is 116 Å². The van der Waals surface area contributed by atoms with Crippen LogP contribution >= 0.6 is 0 Å². The second-order valence-corrected chi connectivity index (χ2v) is 6.83. The molecule has 0 saturated carbocycles. The van der Waals surface area contributed by atoms with Gasteiger partial charge in [0.05, 0.1) is 22.9 Å². The van der Waals surface area contributed by atoms with Gasteiger partial charge in [-0.15, -0.1) is 0 Å². The maximum atomic E-state index is 12.2. The Morgan fingerprint density at radius 3 is 2.63 bits per heavy atom. The predicted molar refractivity (Wildman–Crippen MR) is 78.3 cm³/mol. The van der Waals surface area contributed by atoms with Crippen molar-refractivity contribution in [1.29, 1.82) is 0 Å². The quantitative estimate of drug-likeness (QED) is 0.797. The van der Waals surface area contributed by atoms with Gasteiger partial charge in [-0.2, -0.15) is 0 Å². The van der Waals surface area contributed by atoms with Gasteiger partial charge in [-0.3, -0.25) is 0 Å². The minimum atomic E-state index is -3.19. The SMILES string of the molecule is CCCS(=O)(=O)c1ccccc1NCC(C)COC. The van der Waals surface area contributed by atoms with Crippen LogP contribution in [0.4, 0.5) is 5.69 Å². The summed E-state index contributed by atoms with van der Waals surface area (Å²) in [6.07, 6.45) is 0.622. The summed E-state index contributed by atoms with van der Waals surface area (Å²) >= 11 is 0. The van der Waals surface area contributed by atoms with Crippen molar-refractivity contribution in [2.75, 3.05) is 31.3 Å². The molecule has 19 heavy (non-hydrogen) atoms. The summed E-state index contributed by atoms with van der Waals surface area (Å²) in [5.41, 5.74) is 0.680. The van der Waals surface area contributed by atoms with Gasteiger partial charge < -0.3 is 10.1 Å². The number of para-hydroxylation sites is 1. The van der Waals surface area contributed by atoms with E-state index in [4.69, 9.17) is 4.74 Å². The third-order valence-electron chi connectivity index (χ3n) is 2.79. The van der Waals surface area contributed by atoms with Gasteiger partial charge in [-0.25, -0.2) is 8.42 Å². The number of rotatable bonds is 8. The molecule has 108 valence electrons. The zero-order valence-electron chi connectivity index (χ0n) is 11.8. The van der Waals surface area contributed by atoms with Gasteiger partial charge in [0.1, 0.15) is 0 Å². The summed E-state index contributed by atoms with van der Waals surface area (Å²) in [6.45, 7) is 5.26. The number of ether oxygens (including phenoxy) is 1. The van der Waals surface area contributed by atoms with Crippen molar-refractivity contribution in [1.82, 2.24) is 0 Å². The van der Waals surface area contributed by atoms with Crippen molar-refractivity contribution in [2.24, 2.45) is 5.92 Å². The van der Waals surface area contributed by atoms with Crippen LogP contribution in [0.25, 0.3) is 0 Å². The average molecular weight is 285 g/mol. The molecule has 0 saturated heterocycles. The Morgan fingerprint density at radius 1 is 1.32 bits per heavy atom. The molecule has 0 fully saturated rings. The van der Waals surface area contributed by atoms with E-state index in [1.165, 1.54) is 0 Å². The van der Waals surface area contributed by atoms with Crippen molar-refractivity contribution in [2.45, 2.75) is 25.2 Å². The fourth-order valence-corrected chi connectivity index (χ4v) is 3.41. The number of nitrogens with one attached hydrogen (secondary N) is 1. The van der Waals surface area contributed by atoms with Gasteiger partial charge in [0.2, 0.25) is 0 Å². The highest BCUT2D eigenvalue weighted by Gasteiger charge is 2.17. The number of hydrogen-bond acceptors (Lipinski definition) is 4. The minimum absolute atomic E-state index is 0.180. The first-order valence-electron chi connectivity index (χ1n) is 6.55. The summed E-state index contributed by atoms with van der Waals surface area (Å²) in [5.74, 6) is 0.506. The van der Waals surface area contributed by atoms with E-state index in [0.717, 1.165) is 0 Å². The Morgan fingerprint density at radius 2 is 2.00 bits per heavy atom. The molecule has 1 aromatic carbocycles. The van der Waals surface area contributed by atoms with E-state index in [0.29, 0.717) is 36.1 Å². The molecule has 0 heterocycles. The molecule has 0 aromatic heterocycles. The molecule has 0 radical (unpaired) electrons. The highest BCUT2D eigenvalue weighted by atomic mass is 32.2. The normalized spacial score (nSPS) is 13.2. The van der Waals surface area contributed by atoms with Crippen LogP contribution in [0.5, 0.6) is 0 Å². The maximum absolute atomic E-state index is 12.2. The molecule has 1 aromatic rings. The molecule has 0 aliphatic carbocycles. The summed E-state index contributed by atoms with van der Waals surface area (Å²) in [7, 11) is -1.53. The fourth-order valence-electron chi connectivity index (χ4n) is 1.89. The maximum Gasteiger partial charge on any atom is 0.180 e. The van der Waals surface area contributed by atoms with Crippen LogP contribution in [0.3, 0.4) is 0 Å². The van der Waals surface area contributed by atoms with Gasteiger partial charge in [0, 0.05) is 13.7 Å². The number of anilines is 1. The summed E-state index contributed by atoms with van der Waals surface area (Å²) in [5, 5.41) is 3.20. The number of hydrogen-bond donors (Lipinski definition) is 1. The zero-order valence-corrected chi connectivity index (χ0v) is 12.7. The molecule has 0 amide bonds. The van der Waals surface area contributed by atoms with E-state index in [1.807, 2.05) is 19.1 Å². The van der Waals surface area contributed by atoms with Crippen molar-refractivity contribution in [3.8, 4) is 0 Å². The van der Waals surface area contributed by atoms with E-state index < -0.39 is 9.84 Å². The third-order valence-corrected chi connectivity index (χ3v) is 4.76. The van der Waals surface area contributed by atoms with E-state index in [2.05, 4.69) is 12.2 Å². The van der Waals surface area contributed by atoms with Gasteiger partial charge in [0.25, 0.3) is 0 Å². The van der Waals surface area contributed by atoms with Crippen LogP contribution in [0, 0.1) is 5.92 Å². The second-order valence-electron chi connectivity index (χ2n) is 4.76. The minimum Gasteiger partial charge on any atom is -0.384 e. The molecular weight excluding hydrogens is 262 g/mol. The lowest BCUT2D eigenvalue weighted by atomic mass is 10.2. The van der Waals surface area contributed by atoms with Crippen molar-refractivity contribution in [3.63, 3.8) is 0 Å². The fraction of sp³-hybridized carbons (Fsp3) is 0.571. The van der Waals surface area contributed by atoms with Crippen LogP contribution in [-0.2, 0) is 14.6 Å². The number of benzene rings is 1. The lowest BCUT2D eigenvalue weighted by Crippen LogP contribution is -2.17. The van der Waals surface area contributed by atoms with E-state index in [-0.39, 0.29) is 5.75 Å². The van der Waals surface area contributed by atoms with Crippen LogP contribution in [0.1, 0.15) is 20.3 Å². The van der Waals surface area contributed by atoms with Crippen LogP contribution < -0.4 is 5.32 Å². The van der Waals surface area contributed by atoms with E-state index >= 15 is 0 Å². The molecule has 1 atom stereocenters. The Kier molecular flexibility index (Phi) is 6.31. The van der Waals surface area contributed by atoms with Gasteiger partial charge in [-0.05, 0) is 24.5 Å². The molecule has 0 bridgehead atoms. The third kappa shape index (κ3) is 4.84. The first-order chi connectivity index (χ1) is 9.01. The molecule has 1 rings (SSSR count). The molecule has 0 aliphatic heterocycles. The molecular formula is C14H23NO3S. The summed E-state index contributed by atoms with van der Waals surface area (Å²) < 4.78 is 29.4. The van der Waals surface area contributed by atoms with Crippen LogP contribution in [-0.4, -0.2) is 34.4 Å². The average Bonchev–Trinajstić information content (AvgIpc) is 2.37. The molecule has 0 aliphatic rings. The van der Waals surface area contributed by atoms with Crippen LogP contribution in [0.15, 0.2) is 29.2 Å². The molecule has 1 N–H and O–H groups in total. The molecule has 0 spiro atoms. The van der Waals surface area contributed by atoms with Crippen LogP contribution in [0.2, 0.25) is 0 Å². The summed E-state index contributed by atoms with van der Waals surface area (Å²) in [6, 6.07) is 7.07.